The second-order valence-corrected chi connectivity index (χ2v) is 20.0. The lowest BCUT2D eigenvalue weighted by Crippen LogP contribution is -2.26. The first-order chi connectivity index (χ1) is 35.5. The van der Waals surface area contributed by atoms with Crippen molar-refractivity contribution in [2.24, 2.45) is 0 Å². The van der Waals surface area contributed by atoms with Gasteiger partial charge in [-0.25, -0.2) is 0 Å². The van der Waals surface area contributed by atoms with Crippen LogP contribution in [0.15, 0.2) is 267 Å². The molecule has 0 aromatic heterocycles. The number of fused-ring (bicyclic) bond motifs is 13. The Bertz CT molecular complexity index is 3890. The third-order valence-corrected chi connectivity index (χ3v) is 15.9. The van der Waals surface area contributed by atoms with Gasteiger partial charge < -0.3 is 9.80 Å². The highest BCUT2D eigenvalue weighted by Crippen LogP contribution is 2.65. The van der Waals surface area contributed by atoms with Crippen molar-refractivity contribution in [2.75, 3.05) is 9.80 Å². The first kappa shape index (κ1) is 41.9. The minimum Gasteiger partial charge on any atom is -0.310 e. The van der Waals surface area contributed by atoms with Crippen LogP contribution in [0.5, 0.6) is 0 Å². The Hall–Kier alpha value is -8.98. The quantitative estimate of drug-likeness (QED) is 0.150. The number of rotatable bonds is 8. The number of hydrogen-bond donors (Lipinski definition) is 0. The molecule has 11 aromatic rings. The zero-order chi connectivity index (χ0) is 48.0. The van der Waals surface area contributed by atoms with Gasteiger partial charge in [-0.05, 0) is 139 Å². The summed E-state index contributed by atoms with van der Waals surface area (Å²) >= 11 is 0. The summed E-state index contributed by atoms with van der Waals surface area (Å²) in [6, 6.07) is 99.1. The number of anilines is 6. The van der Waals surface area contributed by atoms with E-state index in [0.29, 0.717) is 0 Å². The lowest BCUT2D eigenvalue weighted by atomic mass is 9.70. The highest BCUT2D eigenvalue weighted by Gasteiger charge is 2.53. The molecule has 340 valence electrons. The number of nitrogens with zero attached hydrogens (tertiary/aromatic N) is 2. The summed E-state index contributed by atoms with van der Waals surface area (Å²) in [5.41, 5.74) is 26.4. The Labute approximate surface area is 422 Å². The van der Waals surface area contributed by atoms with E-state index in [1.165, 1.54) is 89.0 Å². The monoisotopic (exact) mass is 918 g/mol. The first-order valence-corrected chi connectivity index (χ1v) is 25.2. The molecule has 0 saturated heterocycles. The van der Waals surface area contributed by atoms with Crippen LogP contribution in [0.25, 0.3) is 55.6 Å². The molecule has 2 nitrogen and oxygen atoms in total. The Morgan fingerprint density at radius 3 is 1.36 bits per heavy atom. The summed E-state index contributed by atoms with van der Waals surface area (Å²) in [6.07, 6.45) is 0. The molecule has 0 aliphatic heterocycles. The standard InChI is InChI=1S/C70H50N2/c1-69(2)60-31-16-12-28-55(60)57-43-41-52(45-64(57)69)71(50-25-10-5-11-26-50)53-42-44-58-56-29-13-17-32-61(56)70(65(58)46-53)62-33-18-14-30-59(62)68-63(70)34-20-36-67(68)72(51-39-37-48(38-40-51)47-21-6-3-7-22-47)66-35-19-15-27-54(66)49-23-8-4-9-24-49/h3-46H,1-2H3. The Morgan fingerprint density at radius 2 is 0.681 bits per heavy atom. The SMILES string of the molecule is CC1(C)c2ccccc2-c2ccc(N(c3ccccc3)c3ccc4c(c3)C3(c5ccccc5-4)c4ccccc4-c4c(N(c5ccc(-c6ccccc6)cc5)c5ccccc5-c5ccccc5)cccc43)cc21. The van der Waals surface area contributed by atoms with E-state index in [0.717, 1.165) is 34.1 Å². The second-order valence-electron chi connectivity index (χ2n) is 20.0. The molecule has 0 radical (unpaired) electrons. The van der Waals surface area contributed by atoms with Crippen LogP contribution in [0.1, 0.15) is 47.2 Å². The summed E-state index contributed by atoms with van der Waals surface area (Å²) < 4.78 is 0. The van der Waals surface area contributed by atoms with E-state index >= 15 is 0 Å². The molecule has 14 rings (SSSR count). The van der Waals surface area contributed by atoms with Crippen LogP contribution in [0.2, 0.25) is 0 Å². The zero-order valence-electron chi connectivity index (χ0n) is 40.3. The van der Waals surface area contributed by atoms with Gasteiger partial charge in [0.15, 0.2) is 0 Å². The molecule has 1 atom stereocenters. The van der Waals surface area contributed by atoms with Crippen molar-refractivity contribution in [3.8, 4) is 55.6 Å². The average molecular weight is 919 g/mol. The molecule has 1 unspecified atom stereocenters. The van der Waals surface area contributed by atoms with Gasteiger partial charge in [0.2, 0.25) is 0 Å². The molecule has 1 spiro atoms. The fraction of sp³-hybridized carbons (Fsp3) is 0.0571. The molecule has 0 amide bonds. The summed E-state index contributed by atoms with van der Waals surface area (Å²) in [7, 11) is 0. The highest BCUT2D eigenvalue weighted by atomic mass is 15.2. The van der Waals surface area contributed by atoms with Crippen LogP contribution in [0.3, 0.4) is 0 Å². The summed E-state index contributed by atoms with van der Waals surface area (Å²) in [5, 5.41) is 0. The van der Waals surface area contributed by atoms with Gasteiger partial charge in [0.05, 0.1) is 16.8 Å². The van der Waals surface area contributed by atoms with E-state index in [1.54, 1.807) is 0 Å². The summed E-state index contributed by atoms with van der Waals surface area (Å²) in [4.78, 5) is 4.98. The molecule has 72 heavy (non-hydrogen) atoms. The normalized spacial score (nSPS) is 15.0. The van der Waals surface area contributed by atoms with Crippen molar-refractivity contribution < 1.29 is 0 Å². The molecule has 0 saturated carbocycles. The third kappa shape index (κ3) is 6.15. The maximum absolute atomic E-state index is 2.51. The minimum atomic E-state index is -0.602. The maximum Gasteiger partial charge on any atom is 0.0727 e. The van der Waals surface area contributed by atoms with Gasteiger partial charge >= 0.3 is 0 Å². The topological polar surface area (TPSA) is 6.48 Å². The number of para-hydroxylation sites is 2. The molecule has 0 N–H and O–H groups in total. The molecule has 3 aliphatic rings. The lowest BCUT2D eigenvalue weighted by Gasteiger charge is -2.33. The minimum absolute atomic E-state index is 0.137. The first-order valence-electron chi connectivity index (χ1n) is 25.2. The van der Waals surface area contributed by atoms with Gasteiger partial charge in [0.25, 0.3) is 0 Å². The highest BCUT2D eigenvalue weighted by molar-refractivity contribution is 6.03. The Balaban J connectivity index is 1.00. The van der Waals surface area contributed by atoms with E-state index in [-0.39, 0.29) is 5.41 Å². The van der Waals surface area contributed by atoms with Crippen molar-refractivity contribution in [3.63, 3.8) is 0 Å². The van der Waals surface area contributed by atoms with Crippen molar-refractivity contribution in [1.82, 2.24) is 0 Å². The van der Waals surface area contributed by atoms with E-state index in [1.807, 2.05) is 0 Å². The Morgan fingerprint density at radius 1 is 0.250 bits per heavy atom. The van der Waals surface area contributed by atoms with Crippen LogP contribution in [-0.4, -0.2) is 0 Å². The number of benzene rings is 11. The van der Waals surface area contributed by atoms with Gasteiger partial charge in [0.1, 0.15) is 0 Å². The van der Waals surface area contributed by atoms with Gasteiger partial charge in [-0.2, -0.15) is 0 Å². The van der Waals surface area contributed by atoms with Crippen LogP contribution in [-0.2, 0) is 10.8 Å². The molecule has 3 aliphatic carbocycles. The van der Waals surface area contributed by atoms with Crippen molar-refractivity contribution in [2.45, 2.75) is 24.7 Å². The van der Waals surface area contributed by atoms with Gasteiger partial charge in [-0.1, -0.05) is 220 Å². The fourth-order valence-corrected chi connectivity index (χ4v) is 12.7. The van der Waals surface area contributed by atoms with Crippen LogP contribution < -0.4 is 9.80 Å². The lowest BCUT2D eigenvalue weighted by molar-refractivity contribution is 0.660. The average Bonchev–Trinajstić information content (AvgIpc) is 4.01. The smallest absolute Gasteiger partial charge is 0.0727 e. The number of hydrogen-bond acceptors (Lipinski definition) is 2. The molecule has 0 fully saturated rings. The van der Waals surface area contributed by atoms with E-state index < -0.39 is 5.41 Å². The van der Waals surface area contributed by atoms with Gasteiger partial charge in [-0.15, -0.1) is 0 Å². The van der Waals surface area contributed by atoms with E-state index in [4.69, 9.17) is 0 Å². The second kappa shape index (κ2) is 16.3. The summed E-state index contributed by atoms with van der Waals surface area (Å²) in [6.45, 7) is 4.74. The van der Waals surface area contributed by atoms with E-state index in [9.17, 15) is 0 Å². The van der Waals surface area contributed by atoms with Crippen molar-refractivity contribution in [3.05, 3.63) is 300 Å². The molecule has 0 heterocycles. The molecule has 0 bridgehead atoms. The summed E-state index contributed by atoms with van der Waals surface area (Å²) in [5.74, 6) is 0. The predicted octanol–water partition coefficient (Wildman–Crippen LogP) is 18.6. The van der Waals surface area contributed by atoms with Crippen LogP contribution >= 0.6 is 0 Å². The van der Waals surface area contributed by atoms with Crippen molar-refractivity contribution >= 4 is 34.1 Å². The third-order valence-electron chi connectivity index (χ3n) is 15.9. The van der Waals surface area contributed by atoms with Gasteiger partial charge in [-0.3, -0.25) is 0 Å². The molecular formula is C70H50N2. The predicted molar refractivity (Wildman–Crippen MR) is 301 cm³/mol. The molecular weight excluding hydrogens is 869 g/mol. The Kier molecular flexibility index (Phi) is 9.50. The fourth-order valence-electron chi connectivity index (χ4n) is 12.7. The molecule has 11 aromatic carbocycles. The molecule has 2 heteroatoms. The van der Waals surface area contributed by atoms with Crippen molar-refractivity contribution in [1.29, 1.82) is 0 Å². The van der Waals surface area contributed by atoms with Crippen LogP contribution in [0.4, 0.5) is 34.1 Å². The van der Waals surface area contributed by atoms with Crippen LogP contribution in [0, 0.1) is 0 Å². The largest absolute Gasteiger partial charge is 0.310 e. The van der Waals surface area contributed by atoms with E-state index in [2.05, 4.69) is 291 Å². The van der Waals surface area contributed by atoms with Gasteiger partial charge in [0, 0.05) is 39.3 Å². The maximum atomic E-state index is 2.51. The zero-order valence-corrected chi connectivity index (χ0v) is 40.3.